The Morgan fingerprint density at radius 1 is 1.03 bits per heavy atom. The summed E-state index contributed by atoms with van der Waals surface area (Å²) in [6, 6.07) is 14.2. The van der Waals surface area contributed by atoms with Crippen molar-refractivity contribution < 1.29 is 14.4 Å². The largest absolute Gasteiger partial charge is 0.351 e. The third-order valence-electron chi connectivity index (χ3n) is 5.83. The Morgan fingerprint density at radius 3 is 2.22 bits per heavy atom. The van der Waals surface area contributed by atoms with E-state index in [0.717, 1.165) is 11.1 Å². The quantitative estimate of drug-likeness (QED) is 0.658. The second kappa shape index (κ2) is 10.8. The number of benzene rings is 2. The fourth-order valence-electron chi connectivity index (χ4n) is 4.09. The number of likely N-dealkylation sites (tertiary alicyclic amines) is 1. The normalized spacial score (nSPS) is 15.0. The maximum atomic E-state index is 12.9. The van der Waals surface area contributed by atoms with Gasteiger partial charge in [-0.15, -0.1) is 6.58 Å². The van der Waals surface area contributed by atoms with Crippen LogP contribution in [0, 0.1) is 19.8 Å². The topological polar surface area (TPSA) is 78.5 Å². The van der Waals surface area contributed by atoms with E-state index in [4.69, 9.17) is 0 Å². The van der Waals surface area contributed by atoms with Gasteiger partial charge in [-0.3, -0.25) is 14.4 Å². The monoisotopic (exact) mass is 433 g/mol. The van der Waals surface area contributed by atoms with Gasteiger partial charge in [-0.2, -0.15) is 0 Å². The zero-order valence-electron chi connectivity index (χ0n) is 18.8. The molecule has 6 heteroatoms. The second-order valence-electron chi connectivity index (χ2n) is 8.35. The third kappa shape index (κ3) is 5.84. The Bertz CT molecular complexity index is 993. The van der Waals surface area contributed by atoms with Crippen LogP contribution in [-0.2, 0) is 4.79 Å². The van der Waals surface area contributed by atoms with Gasteiger partial charge in [-0.05, 0) is 56.9 Å². The molecule has 1 aliphatic rings. The fraction of sp³-hybridized carbons (Fsp3) is 0.346. The molecule has 2 N–H and O–H groups in total. The summed E-state index contributed by atoms with van der Waals surface area (Å²) in [4.78, 5) is 40.4. The molecule has 0 radical (unpaired) electrons. The van der Waals surface area contributed by atoms with Gasteiger partial charge in [0.05, 0.1) is 0 Å². The van der Waals surface area contributed by atoms with Crippen LogP contribution in [0.2, 0.25) is 0 Å². The summed E-state index contributed by atoms with van der Waals surface area (Å²) in [5.74, 6) is -0.557. The molecule has 32 heavy (non-hydrogen) atoms. The van der Waals surface area contributed by atoms with Crippen molar-refractivity contribution in [3.63, 3.8) is 0 Å². The first kappa shape index (κ1) is 23.3. The van der Waals surface area contributed by atoms with E-state index in [9.17, 15) is 14.4 Å². The molecule has 3 amide bonds. The molecule has 3 rings (SSSR count). The molecular weight excluding hydrogens is 402 g/mol. The fourth-order valence-corrected chi connectivity index (χ4v) is 4.09. The van der Waals surface area contributed by atoms with Crippen LogP contribution < -0.4 is 10.6 Å². The maximum Gasteiger partial charge on any atom is 0.253 e. The van der Waals surface area contributed by atoms with E-state index in [1.165, 1.54) is 0 Å². The molecule has 1 aliphatic heterocycles. The average Bonchev–Trinajstić information content (AvgIpc) is 2.80. The minimum absolute atomic E-state index is 0.00334. The van der Waals surface area contributed by atoms with Gasteiger partial charge in [0.2, 0.25) is 5.91 Å². The van der Waals surface area contributed by atoms with Gasteiger partial charge in [-0.25, -0.2) is 0 Å². The van der Waals surface area contributed by atoms with Crippen molar-refractivity contribution in [2.75, 3.05) is 19.6 Å². The molecule has 2 aromatic rings. The molecule has 168 valence electrons. The summed E-state index contributed by atoms with van der Waals surface area (Å²) in [5.41, 5.74) is 3.23. The molecule has 0 spiro atoms. The van der Waals surface area contributed by atoms with Crippen molar-refractivity contribution in [1.29, 1.82) is 0 Å². The van der Waals surface area contributed by atoms with Crippen LogP contribution in [0.4, 0.5) is 0 Å². The van der Waals surface area contributed by atoms with Crippen LogP contribution in [0.3, 0.4) is 0 Å². The average molecular weight is 434 g/mol. The lowest BCUT2D eigenvalue weighted by Gasteiger charge is -2.36. The Balaban J connectivity index is 1.69. The number of rotatable bonds is 7. The van der Waals surface area contributed by atoms with Crippen molar-refractivity contribution in [2.24, 2.45) is 5.92 Å². The van der Waals surface area contributed by atoms with Crippen molar-refractivity contribution in [3.8, 4) is 0 Å². The Morgan fingerprint density at radius 2 is 1.62 bits per heavy atom. The summed E-state index contributed by atoms with van der Waals surface area (Å²) in [6.07, 6.45) is 2.89. The molecule has 1 fully saturated rings. The highest BCUT2D eigenvalue weighted by Gasteiger charge is 2.34. The summed E-state index contributed by atoms with van der Waals surface area (Å²) in [7, 11) is 0. The number of nitrogens with one attached hydrogen (secondary N) is 2. The van der Waals surface area contributed by atoms with Crippen molar-refractivity contribution in [3.05, 3.63) is 83.4 Å². The number of carbonyl (C=O) groups is 3. The number of nitrogens with zero attached hydrogens (tertiary/aromatic N) is 1. The summed E-state index contributed by atoms with van der Waals surface area (Å²) in [5, 5.41) is 5.75. The highest BCUT2D eigenvalue weighted by molar-refractivity contribution is 5.98. The molecule has 0 aliphatic carbocycles. The van der Waals surface area contributed by atoms with Crippen LogP contribution in [0.15, 0.2) is 61.2 Å². The van der Waals surface area contributed by atoms with Gasteiger partial charge in [-0.1, -0.05) is 41.5 Å². The number of hydrogen-bond donors (Lipinski definition) is 2. The van der Waals surface area contributed by atoms with E-state index in [1.807, 2.05) is 55.1 Å². The highest BCUT2D eigenvalue weighted by atomic mass is 16.2. The number of piperidine rings is 1. The predicted octanol–water partition coefficient (Wildman–Crippen LogP) is 3.26. The van der Waals surface area contributed by atoms with Crippen LogP contribution in [0.1, 0.15) is 44.7 Å². The van der Waals surface area contributed by atoms with Crippen LogP contribution in [0.25, 0.3) is 0 Å². The zero-order chi connectivity index (χ0) is 23.1. The van der Waals surface area contributed by atoms with Crippen LogP contribution in [0.5, 0.6) is 0 Å². The van der Waals surface area contributed by atoms with Crippen molar-refractivity contribution in [1.82, 2.24) is 15.5 Å². The molecule has 1 heterocycles. The van der Waals surface area contributed by atoms with Gasteiger partial charge >= 0.3 is 0 Å². The van der Waals surface area contributed by atoms with Gasteiger partial charge in [0.25, 0.3) is 11.8 Å². The second-order valence-corrected chi connectivity index (χ2v) is 8.35. The SMILES string of the molecule is C=CCNC(=O)C(NC(=O)c1cccc(C)c1)C1CCN(C(=O)c2cccc(C)c2)CC1. The number of aryl methyl sites for hydroxylation is 2. The lowest BCUT2D eigenvalue weighted by Crippen LogP contribution is -2.53. The number of amides is 3. The van der Waals surface area contributed by atoms with Crippen LogP contribution >= 0.6 is 0 Å². The lowest BCUT2D eigenvalue weighted by molar-refractivity contribution is -0.124. The van der Waals surface area contributed by atoms with Gasteiger partial charge in [0.15, 0.2) is 0 Å². The minimum atomic E-state index is -0.667. The first-order chi connectivity index (χ1) is 15.4. The van der Waals surface area contributed by atoms with E-state index in [0.29, 0.717) is 43.6 Å². The zero-order valence-corrected chi connectivity index (χ0v) is 18.8. The van der Waals surface area contributed by atoms with Crippen LogP contribution in [-0.4, -0.2) is 48.3 Å². The Labute approximate surface area is 189 Å². The predicted molar refractivity (Wildman–Crippen MR) is 125 cm³/mol. The van der Waals surface area contributed by atoms with Gasteiger partial charge in [0.1, 0.15) is 6.04 Å². The van der Waals surface area contributed by atoms with Gasteiger partial charge in [0, 0.05) is 30.8 Å². The number of carbonyl (C=O) groups excluding carboxylic acids is 3. The Hall–Kier alpha value is -3.41. The third-order valence-corrected chi connectivity index (χ3v) is 5.83. The lowest BCUT2D eigenvalue weighted by atomic mass is 9.88. The molecule has 0 aromatic heterocycles. The van der Waals surface area contributed by atoms with Crippen molar-refractivity contribution in [2.45, 2.75) is 32.7 Å². The highest BCUT2D eigenvalue weighted by Crippen LogP contribution is 2.23. The summed E-state index contributed by atoms with van der Waals surface area (Å²) < 4.78 is 0. The van der Waals surface area contributed by atoms with E-state index in [1.54, 1.807) is 18.2 Å². The number of hydrogen-bond acceptors (Lipinski definition) is 3. The molecule has 0 saturated carbocycles. The molecule has 1 saturated heterocycles. The maximum absolute atomic E-state index is 12.9. The first-order valence-corrected chi connectivity index (χ1v) is 11.0. The first-order valence-electron chi connectivity index (χ1n) is 11.0. The summed E-state index contributed by atoms with van der Waals surface area (Å²) in [6.45, 7) is 8.95. The van der Waals surface area contributed by atoms with E-state index < -0.39 is 6.04 Å². The summed E-state index contributed by atoms with van der Waals surface area (Å²) >= 11 is 0. The van der Waals surface area contributed by atoms with E-state index in [2.05, 4.69) is 17.2 Å². The van der Waals surface area contributed by atoms with Crippen molar-refractivity contribution >= 4 is 17.7 Å². The molecule has 6 nitrogen and oxygen atoms in total. The van der Waals surface area contributed by atoms with E-state index >= 15 is 0 Å². The Kier molecular flexibility index (Phi) is 7.82. The minimum Gasteiger partial charge on any atom is -0.351 e. The molecular formula is C26H31N3O3. The molecule has 1 unspecified atom stereocenters. The smallest absolute Gasteiger partial charge is 0.253 e. The molecule has 2 aromatic carbocycles. The standard InChI is InChI=1S/C26H31N3O3/c1-4-13-27-25(31)23(28-24(30)21-9-5-7-18(2)16-21)20-11-14-29(15-12-20)26(32)22-10-6-8-19(3)17-22/h4-10,16-17,20,23H,1,11-15H2,2-3H3,(H,27,31)(H,28,30). The van der Waals surface area contributed by atoms with E-state index in [-0.39, 0.29) is 23.6 Å². The van der Waals surface area contributed by atoms with Gasteiger partial charge < -0.3 is 15.5 Å². The molecule has 0 bridgehead atoms. The molecule has 1 atom stereocenters.